The summed E-state index contributed by atoms with van der Waals surface area (Å²) in [5.41, 5.74) is 5.52. The number of hydrogen-bond acceptors (Lipinski definition) is 3. The van der Waals surface area contributed by atoms with Crippen LogP contribution in [0.4, 0.5) is 10.1 Å². The van der Waals surface area contributed by atoms with Crippen LogP contribution < -0.4 is 10.5 Å². The number of halogens is 1. The van der Waals surface area contributed by atoms with Crippen molar-refractivity contribution in [3.63, 3.8) is 0 Å². The van der Waals surface area contributed by atoms with Gasteiger partial charge in [0.1, 0.15) is 5.82 Å². The van der Waals surface area contributed by atoms with Crippen molar-refractivity contribution < 1.29 is 12.8 Å². The summed E-state index contributed by atoms with van der Waals surface area (Å²) in [6.45, 7) is 6.03. The number of nitrogens with two attached hydrogens (primary N) is 1. The molecule has 19 heavy (non-hydrogen) atoms. The van der Waals surface area contributed by atoms with Crippen molar-refractivity contribution in [3.05, 3.63) is 23.5 Å². The minimum Gasteiger partial charge on any atom is -0.396 e. The zero-order valence-electron chi connectivity index (χ0n) is 11.5. The summed E-state index contributed by atoms with van der Waals surface area (Å²) in [5.74, 6) is -0.0352. The topological polar surface area (TPSA) is 72.2 Å². The van der Waals surface area contributed by atoms with Crippen LogP contribution in [0.25, 0.3) is 0 Å². The van der Waals surface area contributed by atoms with Crippen molar-refractivity contribution >= 4 is 15.7 Å². The fourth-order valence-corrected chi connectivity index (χ4v) is 2.91. The third-order valence-electron chi connectivity index (χ3n) is 2.82. The maximum absolute atomic E-state index is 13.4. The van der Waals surface area contributed by atoms with Gasteiger partial charge in [0, 0.05) is 6.54 Å². The predicted molar refractivity (Wildman–Crippen MR) is 74.8 cm³/mol. The molecule has 0 saturated carbocycles. The lowest BCUT2D eigenvalue weighted by Crippen LogP contribution is -2.25. The van der Waals surface area contributed by atoms with Crippen LogP contribution in [0.15, 0.2) is 17.0 Å². The van der Waals surface area contributed by atoms with E-state index in [1.54, 1.807) is 0 Å². The van der Waals surface area contributed by atoms with Crippen molar-refractivity contribution in [1.29, 1.82) is 0 Å². The third kappa shape index (κ3) is 4.47. The van der Waals surface area contributed by atoms with Crippen LogP contribution in [0.1, 0.15) is 32.3 Å². The standard InChI is InChI=1S/C13H21FN2O2S/c1-9(2)5-4-6-16-19(17,18)11-7-10(3)13(14)12(15)8-11/h7-9,16H,4-6,15H2,1-3H3. The van der Waals surface area contributed by atoms with Gasteiger partial charge in [-0.2, -0.15) is 0 Å². The molecular weight excluding hydrogens is 267 g/mol. The highest BCUT2D eigenvalue weighted by atomic mass is 32.2. The maximum Gasteiger partial charge on any atom is 0.240 e. The van der Waals surface area contributed by atoms with E-state index in [4.69, 9.17) is 5.73 Å². The van der Waals surface area contributed by atoms with E-state index in [-0.39, 0.29) is 16.1 Å². The van der Waals surface area contributed by atoms with E-state index in [2.05, 4.69) is 18.6 Å². The first-order valence-electron chi connectivity index (χ1n) is 6.29. The molecule has 1 aromatic carbocycles. The van der Waals surface area contributed by atoms with Crippen LogP contribution in [-0.2, 0) is 10.0 Å². The van der Waals surface area contributed by atoms with Crippen LogP contribution in [0, 0.1) is 18.7 Å². The van der Waals surface area contributed by atoms with Crippen LogP contribution in [0.3, 0.4) is 0 Å². The van der Waals surface area contributed by atoms with Gasteiger partial charge in [-0.3, -0.25) is 0 Å². The molecule has 0 radical (unpaired) electrons. The van der Waals surface area contributed by atoms with E-state index >= 15 is 0 Å². The number of rotatable bonds is 6. The van der Waals surface area contributed by atoms with Gasteiger partial charge in [-0.25, -0.2) is 17.5 Å². The second kappa shape index (κ2) is 6.34. The molecule has 1 rings (SSSR count). The second-order valence-electron chi connectivity index (χ2n) is 5.08. The molecule has 0 heterocycles. The Morgan fingerprint density at radius 1 is 1.37 bits per heavy atom. The Labute approximate surface area is 114 Å². The second-order valence-corrected chi connectivity index (χ2v) is 6.84. The first-order chi connectivity index (χ1) is 8.74. The molecule has 0 amide bonds. The van der Waals surface area contributed by atoms with Gasteiger partial charge in [0.15, 0.2) is 0 Å². The lowest BCUT2D eigenvalue weighted by Gasteiger charge is -2.10. The number of benzene rings is 1. The first-order valence-corrected chi connectivity index (χ1v) is 7.77. The quantitative estimate of drug-likeness (QED) is 0.624. The summed E-state index contributed by atoms with van der Waals surface area (Å²) in [7, 11) is -3.62. The molecule has 6 heteroatoms. The van der Waals surface area contributed by atoms with Crippen molar-refractivity contribution in [2.75, 3.05) is 12.3 Å². The van der Waals surface area contributed by atoms with E-state index in [0.29, 0.717) is 12.5 Å². The highest BCUT2D eigenvalue weighted by molar-refractivity contribution is 7.89. The molecule has 0 spiro atoms. The van der Waals surface area contributed by atoms with Gasteiger partial charge in [-0.1, -0.05) is 13.8 Å². The zero-order valence-corrected chi connectivity index (χ0v) is 12.3. The summed E-state index contributed by atoms with van der Waals surface area (Å²) in [6, 6.07) is 2.43. The zero-order chi connectivity index (χ0) is 14.6. The van der Waals surface area contributed by atoms with Crippen LogP contribution in [0.2, 0.25) is 0 Å². The number of aryl methyl sites for hydroxylation is 1. The SMILES string of the molecule is Cc1cc(S(=O)(=O)NCCCC(C)C)cc(N)c1F. The average molecular weight is 288 g/mol. The normalized spacial score (nSPS) is 12.1. The van der Waals surface area contributed by atoms with Gasteiger partial charge in [0.05, 0.1) is 10.6 Å². The molecule has 0 atom stereocenters. The molecule has 0 aliphatic rings. The van der Waals surface area contributed by atoms with E-state index in [1.807, 2.05) is 0 Å². The highest BCUT2D eigenvalue weighted by Gasteiger charge is 2.16. The van der Waals surface area contributed by atoms with Crippen LogP contribution in [-0.4, -0.2) is 15.0 Å². The number of sulfonamides is 1. The molecule has 108 valence electrons. The lowest BCUT2D eigenvalue weighted by molar-refractivity contribution is 0.539. The molecule has 0 saturated heterocycles. The summed E-state index contributed by atoms with van der Waals surface area (Å²) in [5, 5.41) is 0. The molecule has 3 N–H and O–H groups in total. The van der Waals surface area contributed by atoms with E-state index in [0.717, 1.165) is 18.9 Å². The molecule has 0 aromatic heterocycles. The fourth-order valence-electron chi connectivity index (χ4n) is 1.72. The summed E-state index contributed by atoms with van der Waals surface area (Å²) in [6.07, 6.45) is 1.72. The molecule has 1 aromatic rings. The van der Waals surface area contributed by atoms with E-state index in [9.17, 15) is 12.8 Å². The lowest BCUT2D eigenvalue weighted by atomic mass is 10.1. The smallest absolute Gasteiger partial charge is 0.240 e. The van der Waals surface area contributed by atoms with Crippen LogP contribution >= 0.6 is 0 Å². The van der Waals surface area contributed by atoms with Crippen molar-refractivity contribution in [2.24, 2.45) is 5.92 Å². The summed E-state index contributed by atoms with van der Waals surface area (Å²) < 4.78 is 39.9. The fraction of sp³-hybridized carbons (Fsp3) is 0.538. The Hall–Kier alpha value is -1.14. The van der Waals surface area contributed by atoms with Gasteiger partial charge >= 0.3 is 0 Å². The van der Waals surface area contributed by atoms with Gasteiger partial charge in [-0.15, -0.1) is 0 Å². The molecule has 0 fully saturated rings. The molecular formula is C13H21FN2O2S. The van der Waals surface area contributed by atoms with Crippen molar-refractivity contribution in [3.8, 4) is 0 Å². The average Bonchev–Trinajstić information content (AvgIpc) is 2.31. The molecule has 4 nitrogen and oxygen atoms in total. The molecule has 0 aliphatic heterocycles. The number of anilines is 1. The number of nitrogens with one attached hydrogen (secondary N) is 1. The summed E-state index contributed by atoms with van der Waals surface area (Å²) >= 11 is 0. The highest BCUT2D eigenvalue weighted by Crippen LogP contribution is 2.20. The van der Waals surface area contributed by atoms with Crippen LogP contribution in [0.5, 0.6) is 0 Å². The maximum atomic E-state index is 13.4. The minimum absolute atomic E-state index is 0.00782. The van der Waals surface area contributed by atoms with E-state index in [1.165, 1.54) is 13.0 Å². The molecule has 0 aliphatic carbocycles. The van der Waals surface area contributed by atoms with Crippen molar-refractivity contribution in [2.45, 2.75) is 38.5 Å². The Bertz CT molecular complexity index is 519. The summed E-state index contributed by atoms with van der Waals surface area (Å²) in [4.78, 5) is 0.00782. The van der Waals surface area contributed by atoms with E-state index < -0.39 is 15.8 Å². The minimum atomic E-state index is -3.62. The third-order valence-corrected chi connectivity index (χ3v) is 4.26. The Kier molecular flexibility index (Phi) is 5.31. The van der Waals surface area contributed by atoms with Gasteiger partial charge in [0.2, 0.25) is 10.0 Å². The molecule has 0 bridgehead atoms. The van der Waals surface area contributed by atoms with Gasteiger partial charge in [-0.05, 0) is 43.4 Å². The predicted octanol–water partition coefficient (Wildman–Crippen LogP) is 2.43. The van der Waals surface area contributed by atoms with Gasteiger partial charge in [0.25, 0.3) is 0 Å². The van der Waals surface area contributed by atoms with Gasteiger partial charge < -0.3 is 5.73 Å². The molecule has 0 unspecified atom stereocenters. The Balaban J connectivity index is 2.78. The van der Waals surface area contributed by atoms with Crippen molar-refractivity contribution in [1.82, 2.24) is 4.72 Å². The largest absolute Gasteiger partial charge is 0.396 e. The monoisotopic (exact) mass is 288 g/mol. The number of nitrogen functional groups attached to an aromatic ring is 1. The Morgan fingerprint density at radius 2 is 2.00 bits per heavy atom. The Morgan fingerprint density at radius 3 is 2.53 bits per heavy atom. The first kappa shape index (κ1) is 15.9. The number of hydrogen-bond donors (Lipinski definition) is 2.